The minimum Gasteiger partial charge on any atom is -0.336 e. The number of rotatable bonds is 3. The van der Waals surface area contributed by atoms with E-state index in [1.165, 1.54) is 33.5 Å². The van der Waals surface area contributed by atoms with Crippen LogP contribution in [-0.2, 0) is 17.6 Å². The van der Waals surface area contributed by atoms with Gasteiger partial charge in [0.25, 0.3) is 0 Å². The van der Waals surface area contributed by atoms with E-state index in [0.29, 0.717) is 13.1 Å². The lowest BCUT2D eigenvalue weighted by atomic mass is 10.2. The third-order valence-corrected chi connectivity index (χ3v) is 6.51. The molecule has 0 unspecified atom stereocenters. The minimum absolute atomic E-state index is 0.163. The van der Waals surface area contributed by atoms with Gasteiger partial charge in [0.15, 0.2) is 0 Å². The highest BCUT2D eigenvalue weighted by molar-refractivity contribution is 8.00. The Morgan fingerprint density at radius 1 is 1.43 bits per heavy atom. The topological polar surface area (TPSA) is 75.2 Å². The Balaban J connectivity index is 1.62. The Hall–Kier alpha value is -1.67. The number of urea groups is 1. The maximum absolute atomic E-state index is 12.5. The Morgan fingerprint density at radius 2 is 2.30 bits per heavy atom. The first-order chi connectivity index (χ1) is 11.1. The largest absolute Gasteiger partial charge is 0.336 e. The van der Waals surface area contributed by atoms with Gasteiger partial charge in [0.1, 0.15) is 16.2 Å². The van der Waals surface area contributed by atoms with Gasteiger partial charge >= 0.3 is 6.03 Å². The molecule has 8 heteroatoms. The SMILES string of the molecule is C[C@H](Sc1ncnc2sc3c(c12)CCC3)C(=O)N1CCNC1=O. The van der Waals surface area contributed by atoms with Crippen LogP contribution >= 0.6 is 23.1 Å². The maximum atomic E-state index is 12.5. The highest BCUT2D eigenvalue weighted by Crippen LogP contribution is 2.41. The Kier molecular flexibility index (Phi) is 3.73. The van der Waals surface area contributed by atoms with Gasteiger partial charge in [-0.2, -0.15) is 0 Å². The van der Waals surface area contributed by atoms with Gasteiger partial charge in [-0.15, -0.1) is 11.3 Å². The molecule has 0 saturated carbocycles. The number of carbonyl (C=O) groups is 2. The Morgan fingerprint density at radius 3 is 3.09 bits per heavy atom. The molecule has 0 radical (unpaired) electrons. The van der Waals surface area contributed by atoms with Crippen molar-refractivity contribution in [2.45, 2.75) is 36.5 Å². The molecule has 1 aliphatic carbocycles. The average molecular weight is 348 g/mol. The molecular weight excluding hydrogens is 332 g/mol. The van der Waals surface area contributed by atoms with E-state index < -0.39 is 0 Å². The van der Waals surface area contributed by atoms with Crippen LogP contribution in [0.5, 0.6) is 0 Å². The molecule has 2 aromatic rings. The van der Waals surface area contributed by atoms with E-state index in [-0.39, 0.29) is 17.2 Å². The summed E-state index contributed by atoms with van der Waals surface area (Å²) in [6, 6.07) is -0.299. The lowest BCUT2D eigenvalue weighted by Crippen LogP contribution is -2.38. The lowest BCUT2D eigenvalue weighted by Gasteiger charge is -2.17. The van der Waals surface area contributed by atoms with Gasteiger partial charge < -0.3 is 5.32 Å². The summed E-state index contributed by atoms with van der Waals surface area (Å²) in [5.74, 6) is -0.163. The zero-order valence-electron chi connectivity index (χ0n) is 12.7. The molecule has 120 valence electrons. The number of hydrogen-bond acceptors (Lipinski definition) is 6. The van der Waals surface area contributed by atoms with Crippen LogP contribution in [0.3, 0.4) is 0 Å². The van der Waals surface area contributed by atoms with Crippen LogP contribution in [0, 0.1) is 0 Å². The van der Waals surface area contributed by atoms with Crippen molar-refractivity contribution in [2.75, 3.05) is 13.1 Å². The first-order valence-corrected chi connectivity index (χ1v) is 9.36. The van der Waals surface area contributed by atoms with Gasteiger partial charge in [0.2, 0.25) is 5.91 Å². The molecule has 1 saturated heterocycles. The number of thiophene rings is 1. The molecule has 3 heterocycles. The number of aromatic nitrogens is 2. The summed E-state index contributed by atoms with van der Waals surface area (Å²) >= 11 is 3.16. The van der Waals surface area contributed by atoms with Gasteiger partial charge in [0, 0.05) is 23.4 Å². The highest BCUT2D eigenvalue weighted by atomic mass is 32.2. The van der Waals surface area contributed by atoms with E-state index in [0.717, 1.165) is 28.1 Å². The van der Waals surface area contributed by atoms with Crippen molar-refractivity contribution in [1.29, 1.82) is 0 Å². The molecule has 0 aromatic carbocycles. The van der Waals surface area contributed by atoms with Crippen molar-refractivity contribution in [3.05, 3.63) is 16.8 Å². The molecular formula is C15H16N4O2S2. The number of aryl methyl sites for hydroxylation is 2. The van der Waals surface area contributed by atoms with Crippen LogP contribution in [-0.4, -0.2) is 45.1 Å². The molecule has 2 aliphatic rings. The Bertz CT molecular complexity index is 804. The summed E-state index contributed by atoms with van der Waals surface area (Å²) in [6.45, 7) is 2.80. The summed E-state index contributed by atoms with van der Waals surface area (Å²) in [5.41, 5.74) is 1.35. The van der Waals surface area contributed by atoms with Crippen molar-refractivity contribution in [2.24, 2.45) is 0 Å². The number of fused-ring (bicyclic) bond motifs is 3. The zero-order valence-corrected chi connectivity index (χ0v) is 14.3. The van der Waals surface area contributed by atoms with Crippen LogP contribution in [0.25, 0.3) is 10.2 Å². The fraction of sp³-hybridized carbons (Fsp3) is 0.467. The molecule has 1 N–H and O–H groups in total. The average Bonchev–Trinajstić information content (AvgIpc) is 3.21. The van der Waals surface area contributed by atoms with Crippen LogP contribution in [0.15, 0.2) is 11.4 Å². The van der Waals surface area contributed by atoms with Crippen molar-refractivity contribution in [1.82, 2.24) is 20.2 Å². The molecule has 1 atom stereocenters. The molecule has 0 bridgehead atoms. The van der Waals surface area contributed by atoms with Gasteiger partial charge in [-0.05, 0) is 31.7 Å². The summed E-state index contributed by atoms with van der Waals surface area (Å²) in [4.78, 5) is 36.6. The smallest absolute Gasteiger partial charge is 0.324 e. The molecule has 1 aliphatic heterocycles. The molecule has 23 heavy (non-hydrogen) atoms. The molecule has 0 spiro atoms. The third-order valence-electron chi connectivity index (χ3n) is 4.23. The van der Waals surface area contributed by atoms with Gasteiger partial charge in [-0.3, -0.25) is 9.69 Å². The second kappa shape index (κ2) is 5.76. The minimum atomic E-state index is -0.353. The number of hydrogen-bond donors (Lipinski definition) is 1. The third kappa shape index (κ3) is 2.49. The van der Waals surface area contributed by atoms with E-state index in [1.807, 2.05) is 6.92 Å². The van der Waals surface area contributed by atoms with Crippen LogP contribution in [0.4, 0.5) is 4.79 Å². The number of carbonyl (C=O) groups excluding carboxylic acids is 2. The van der Waals surface area contributed by atoms with E-state index in [1.54, 1.807) is 17.7 Å². The second-order valence-corrected chi connectivity index (χ2v) is 8.11. The molecule has 6 nitrogen and oxygen atoms in total. The molecule has 3 amide bonds. The number of amides is 3. The van der Waals surface area contributed by atoms with Crippen molar-refractivity contribution >= 4 is 45.3 Å². The summed E-state index contributed by atoms with van der Waals surface area (Å²) < 4.78 is 0. The second-order valence-electron chi connectivity index (χ2n) is 5.70. The van der Waals surface area contributed by atoms with Crippen molar-refractivity contribution in [3.63, 3.8) is 0 Å². The van der Waals surface area contributed by atoms with E-state index in [9.17, 15) is 9.59 Å². The lowest BCUT2D eigenvalue weighted by molar-refractivity contribution is -0.126. The molecule has 4 rings (SSSR count). The normalized spacial score (nSPS) is 18.3. The fourth-order valence-electron chi connectivity index (χ4n) is 3.11. The summed E-state index contributed by atoms with van der Waals surface area (Å²) in [7, 11) is 0. The van der Waals surface area contributed by atoms with E-state index in [4.69, 9.17) is 0 Å². The standard InChI is InChI=1S/C15H16N4O2S2/c1-8(14(20)19-6-5-16-15(19)21)22-12-11-9-3-2-4-10(9)23-13(11)18-7-17-12/h7-8H,2-6H2,1H3,(H,16,21)/t8-/m0/s1. The first kappa shape index (κ1) is 14.9. The van der Waals surface area contributed by atoms with Gasteiger partial charge in [-0.1, -0.05) is 11.8 Å². The van der Waals surface area contributed by atoms with Crippen LogP contribution in [0.2, 0.25) is 0 Å². The predicted molar refractivity (Wildman–Crippen MR) is 89.9 cm³/mol. The Labute approximate surface area is 141 Å². The van der Waals surface area contributed by atoms with Crippen molar-refractivity contribution in [3.8, 4) is 0 Å². The first-order valence-electron chi connectivity index (χ1n) is 7.66. The quantitative estimate of drug-likeness (QED) is 0.680. The highest BCUT2D eigenvalue weighted by Gasteiger charge is 2.31. The van der Waals surface area contributed by atoms with E-state index >= 15 is 0 Å². The zero-order chi connectivity index (χ0) is 16.0. The van der Waals surface area contributed by atoms with Crippen molar-refractivity contribution < 1.29 is 9.59 Å². The maximum Gasteiger partial charge on any atom is 0.324 e. The van der Waals surface area contributed by atoms with Gasteiger partial charge in [0.05, 0.1) is 5.25 Å². The van der Waals surface area contributed by atoms with Gasteiger partial charge in [-0.25, -0.2) is 14.8 Å². The number of imide groups is 1. The fourth-order valence-corrected chi connectivity index (χ4v) is 5.41. The molecule has 1 fully saturated rings. The number of thioether (sulfide) groups is 1. The monoisotopic (exact) mass is 348 g/mol. The van der Waals surface area contributed by atoms with Crippen LogP contribution in [0.1, 0.15) is 23.8 Å². The number of nitrogens with one attached hydrogen (secondary N) is 1. The summed E-state index contributed by atoms with van der Waals surface area (Å²) in [5, 5.41) is 4.28. The predicted octanol–water partition coefficient (Wildman–Crippen LogP) is 2.21. The molecule has 2 aromatic heterocycles. The van der Waals surface area contributed by atoms with E-state index in [2.05, 4.69) is 15.3 Å². The van der Waals surface area contributed by atoms with Crippen LogP contribution < -0.4 is 5.32 Å². The number of nitrogens with zero attached hydrogens (tertiary/aromatic N) is 3. The summed E-state index contributed by atoms with van der Waals surface area (Å²) in [6.07, 6.45) is 4.92.